The fraction of sp³-hybridized carbons (Fsp3) is 0.778. The molecule has 0 aromatic carbocycles. The Kier molecular flexibility index (Phi) is 2.69. The van der Waals surface area contributed by atoms with E-state index in [1.54, 1.807) is 0 Å². The zero-order valence-corrected chi connectivity index (χ0v) is 6.96. The van der Waals surface area contributed by atoms with Crippen LogP contribution in [0.15, 0.2) is 0 Å². The van der Waals surface area contributed by atoms with Gasteiger partial charge in [0.25, 0.3) is 0 Å². The predicted octanol–water partition coefficient (Wildman–Crippen LogP) is 1.88. The van der Waals surface area contributed by atoms with Gasteiger partial charge in [-0.2, -0.15) is 5.26 Å². The highest BCUT2D eigenvalue weighted by molar-refractivity contribution is 5.72. The van der Waals surface area contributed by atoms with Gasteiger partial charge in [0, 0.05) is 13.3 Å². The minimum absolute atomic E-state index is 0.0222. The molecule has 0 saturated heterocycles. The summed E-state index contributed by atoms with van der Waals surface area (Å²) < 4.78 is 40.8. The van der Waals surface area contributed by atoms with E-state index in [9.17, 15) is 4.79 Å². The summed E-state index contributed by atoms with van der Waals surface area (Å²) in [4.78, 5) is 11.4. The van der Waals surface area contributed by atoms with E-state index in [2.05, 4.69) is 4.74 Å². The van der Waals surface area contributed by atoms with Crippen LogP contribution in [-0.4, -0.2) is 13.1 Å². The van der Waals surface area contributed by atoms with Crippen LogP contribution in [0.4, 0.5) is 0 Å². The predicted molar refractivity (Wildman–Crippen MR) is 45.3 cm³/mol. The van der Waals surface area contributed by atoms with Crippen LogP contribution in [0.25, 0.3) is 0 Å². The molecule has 0 spiro atoms. The van der Waals surface area contributed by atoms with Crippen LogP contribution < -0.4 is 0 Å². The molecule has 12 heavy (non-hydrogen) atoms. The van der Waals surface area contributed by atoms with Gasteiger partial charge in [0.15, 0.2) is 0 Å². The quantitative estimate of drug-likeness (QED) is 0.472. The Bertz CT molecular complexity index is 307. The monoisotopic (exact) mass is 174 g/mol. The molecule has 3 heteroatoms. The summed E-state index contributed by atoms with van der Waals surface area (Å²) >= 11 is 0. The minimum Gasteiger partial charge on any atom is -0.469 e. The molecule has 0 saturated carbocycles. The Balaban J connectivity index is 4.92. The second-order valence-electron chi connectivity index (χ2n) is 2.27. The molecule has 0 amide bonds. The van der Waals surface area contributed by atoms with Crippen LogP contribution in [0.2, 0.25) is 0 Å². The third-order valence-electron chi connectivity index (χ3n) is 1.44. The minimum atomic E-state index is -2.90. The van der Waals surface area contributed by atoms with Crippen molar-refractivity contribution >= 4 is 5.97 Å². The summed E-state index contributed by atoms with van der Waals surface area (Å²) in [7, 11) is 1.08. The average Bonchev–Trinajstić information content (AvgIpc) is 2.21. The maximum absolute atomic E-state index is 11.4. The van der Waals surface area contributed by atoms with Gasteiger partial charge in [-0.05, 0) is 19.2 Å². The second kappa shape index (κ2) is 6.66. The molecule has 1 atom stereocenters. The molecule has 0 fully saturated rings. The van der Waals surface area contributed by atoms with Crippen LogP contribution in [-0.2, 0) is 9.53 Å². The fourth-order valence-electron chi connectivity index (χ4n) is 0.776. The van der Waals surface area contributed by atoms with Gasteiger partial charge >= 0.3 is 5.97 Å². The van der Waals surface area contributed by atoms with Crippen LogP contribution in [0.1, 0.15) is 39.3 Å². The first kappa shape index (κ1) is 4.86. The third kappa shape index (κ3) is 3.97. The molecule has 0 aromatic heterocycles. The van der Waals surface area contributed by atoms with E-state index >= 15 is 0 Å². The maximum Gasteiger partial charge on any atom is 0.308 e. The highest BCUT2D eigenvalue weighted by atomic mass is 16.5. The molecule has 0 aliphatic heterocycles. The van der Waals surface area contributed by atoms with Crippen molar-refractivity contribution < 1.29 is 16.4 Å². The molecule has 3 nitrogen and oxygen atoms in total. The molecule has 0 rings (SSSR count). The van der Waals surface area contributed by atoms with Crippen LogP contribution >= 0.6 is 0 Å². The van der Waals surface area contributed by atoms with Crippen LogP contribution in [0, 0.1) is 17.2 Å². The first-order valence-corrected chi connectivity index (χ1v) is 3.63. The van der Waals surface area contributed by atoms with E-state index in [0.717, 1.165) is 7.11 Å². The number of hydrogen-bond acceptors (Lipinski definition) is 3. The third-order valence-corrected chi connectivity index (χ3v) is 1.44. The van der Waals surface area contributed by atoms with E-state index < -0.39 is 25.1 Å². The van der Waals surface area contributed by atoms with Crippen molar-refractivity contribution in [1.82, 2.24) is 0 Å². The number of rotatable bonds is 5. The van der Waals surface area contributed by atoms with E-state index in [4.69, 9.17) is 12.1 Å². The number of methoxy groups -OCH3 is 1. The van der Waals surface area contributed by atoms with E-state index in [1.807, 2.05) is 6.07 Å². The van der Waals surface area contributed by atoms with E-state index in [0.29, 0.717) is 0 Å². The molecule has 68 valence electrons. The number of unbranched alkanes of at least 4 members (excludes halogenated alkanes) is 1. The highest BCUT2D eigenvalue weighted by Gasteiger charge is 2.15. The Morgan fingerprint density at radius 1 is 1.92 bits per heavy atom. The van der Waals surface area contributed by atoms with Crippen molar-refractivity contribution in [2.24, 2.45) is 5.92 Å². The Labute approximate surface area is 80.4 Å². The van der Waals surface area contributed by atoms with E-state index in [1.165, 1.54) is 0 Å². The average molecular weight is 174 g/mol. The number of nitriles is 1. The number of esters is 1. The van der Waals surface area contributed by atoms with Gasteiger partial charge in [0.2, 0.25) is 0 Å². The zero-order chi connectivity index (χ0) is 13.7. The summed E-state index contributed by atoms with van der Waals surface area (Å²) in [5.41, 5.74) is 0. The smallest absolute Gasteiger partial charge is 0.308 e. The number of carbonyl (C=O) groups is 1. The van der Waals surface area contributed by atoms with Crippen molar-refractivity contribution in [2.45, 2.75) is 32.5 Å². The van der Waals surface area contributed by atoms with Crippen molar-refractivity contribution in [3.63, 3.8) is 0 Å². The number of ether oxygens (including phenoxy) is 1. The van der Waals surface area contributed by atoms with Crippen LogP contribution in [0.3, 0.4) is 0 Å². The number of nitrogens with zero attached hydrogens (tertiary/aromatic N) is 1. The number of hydrogen-bond donors (Lipinski definition) is 0. The molecule has 0 aliphatic carbocycles. The van der Waals surface area contributed by atoms with Crippen molar-refractivity contribution in [2.75, 3.05) is 7.11 Å². The topological polar surface area (TPSA) is 50.1 Å². The summed E-state index contributed by atoms with van der Waals surface area (Å²) in [6.07, 6.45) is -2.28. The molecule has 0 heterocycles. The van der Waals surface area contributed by atoms with Gasteiger partial charge in [-0.15, -0.1) is 0 Å². The Hall–Kier alpha value is -1.04. The molecule has 0 aliphatic rings. The lowest BCUT2D eigenvalue weighted by Gasteiger charge is -2.10. The largest absolute Gasteiger partial charge is 0.469 e. The van der Waals surface area contributed by atoms with Gasteiger partial charge in [-0.3, -0.25) is 4.79 Å². The lowest BCUT2D eigenvalue weighted by atomic mass is 10.00. The molecular weight excluding hydrogens is 154 g/mol. The first-order valence-electron chi connectivity index (χ1n) is 6.13. The molecule has 1 unspecified atom stereocenters. The van der Waals surface area contributed by atoms with Gasteiger partial charge in [-0.25, -0.2) is 0 Å². The molecular formula is C9H15NO2. The lowest BCUT2D eigenvalue weighted by Crippen LogP contribution is -2.15. The normalized spacial score (nSPS) is 20.2. The maximum atomic E-state index is 11.4. The van der Waals surface area contributed by atoms with Gasteiger partial charge < -0.3 is 4.74 Å². The fourth-order valence-corrected chi connectivity index (χ4v) is 0.776. The molecule has 0 N–H and O–H groups in total. The van der Waals surface area contributed by atoms with Crippen molar-refractivity contribution in [1.29, 1.82) is 5.26 Å². The standard InChI is InChI=1S/C9H15NO2/c1-3-8(9(11)12-2)6-4-5-7-10/h8H,3-6H2,1-2H3/i1D3,3D2. The number of carbonyl (C=O) groups excluding carboxylic acids is 1. The molecule has 0 radical (unpaired) electrons. The summed E-state index contributed by atoms with van der Waals surface area (Å²) in [6, 6.07) is 1.85. The second-order valence-corrected chi connectivity index (χ2v) is 2.27. The SMILES string of the molecule is [2H]C([2H])([2H])C([2H])([2H])C(CCCC#N)C(=O)OC. The van der Waals surface area contributed by atoms with Gasteiger partial charge in [0.1, 0.15) is 0 Å². The summed E-state index contributed by atoms with van der Waals surface area (Å²) in [5, 5.41) is 8.37. The van der Waals surface area contributed by atoms with Crippen LogP contribution in [0.5, 0.6) is 0 Å². The summed E-state index contributed by atoms with van der Waals surface area (Å²) in [5.74, 6) is -2.28. The zero-order valence-electron chi connectivity index (χ0n) is 12.0. The first-order chi connectivity index (χ1) is 7.68. The lowest BCUT2D eigenvalue weighted by molar-refractivity contribution is -0.145. The van der Waals surface area contributed by atoms with E-state index in [-0.39, 0.29) is 19.3 Å². The van der Waals surface area contributed by atoms with Gasteiger partial charge in [0.05, 0.1) is 19.1 Å². The summed E-state index contributed by atoms with van der Waals surface area (Å²) in [6.45, 7) is -2.90. The molecule has 0 bridgehead atoms. The van der Waals surface area contributed by atoms with Crippen molar-refractivity contribution in [3.8, 4) is 6.07 Å². The Morgan fingerprint density at radius 2 is 2.67 bits per heavy atom. The van der Waals surface area contributed by atoms with Gasteiger partial charge in [-0.1, -0.05) is 6.85 Å². The van der Waals surface area contributed by atoms with Crippen molar-refractivity contribution in [3.05, 3.63) is 0 Å². The molecule has 0 aromatic rings. The highest BCUT2D eigenvalue weighted by Crippen LogP contribution is 2.13. The Morgan fingerprint density at radius 3 is 3.17 bits per heavy atom.